The van der Waals surface area contributed by atoms with Crippen LogP contribution in [0.1, 0.15) is 6.92 Å². The largest absolute Gasteiger partial charge is 0.392 e. The fraction of sp³-hybridized carbons (Fsp3) is 0.300. The van der Waals surface area contributed by atoms with Crippen LogP contribution in [0.25, 0.3) is 0 Å². The molecule has 0 heterocycles. The summed E-state index contributed by atoms with van der Waals surface area (Å²) >= 11 is 16.7. The molecule has 88 valence electrons. The van der Waals surface area contributed by atoms with E-state index in [0.717, 1.165) is 0 Å². The van der Waals surface area contributed by atoms with E-state index in [4.69, 9.17) is 40.5 Å². The smallest absolute Gasteiger partial charge is 0.170 e. The minimum atomic E-state index is -0.456. The topological polar surface area (TPSA) is 44.3 Å². The number of halogens is 2. The van der Waals surface area contributed by atoms with Crippen LogP contribution in [-0.2, 0) is 0 Å². The Hall–Kier alpha value is -0.550. The zero-order chi connectivity index (χ0) is 12.1. The van der Waals surface area contributed by atoms with Gasteiger partial charge < -0.3 is 15.7 Å². The average molecular weight is 279 g/mol. The molecule has 0 aliphatic heterocycles. The molecule has 0 aliphatic carbocycles. The number of rotatable bonds is 3. The van der Waals surface area contributed by atoms with Crippen molar-refractivity contribution >= 4 is 46.2 Å². The molecule has 0 amide bonds. The second kappa shape index (κ2) is 6.25. The van der Waals surface area contributed by atoms with Crippen molar-refractivity contribution in [2.24, 2.45) is 0 Å². The summed E-state index contributed by atoms with van der Waals surface area (Å²) in [6, 6.07) is 5.06. The molecule has 0 aliphatic rings. The lowest BCUT2D eigenvalue weighted by molar-refractivity contribution is 0.198. The highest BCUT2D eigenvalue weighted by Crippen LogP contribution is 2.22. The molecule has 3 nitrogen and oxygen atoms in total. The number of hydrogen-bond donors (Lipinski definition) is 3. The first-order valence-electron chi connectivity index (χ1n) is 4.66. The number of thiocarbonyl (C=S) groups is 1. The van der Waals surface area contributed by atoms with Crippen LogP contribution < -0.4 is 10.6 Å². The van der Waals surface area contributed by atoms with Crippen molar-refractivity contribution in [1.82, 2.24) is 5.32 Å². The van der Waals surface area contributed by atoms with Crippen LogP contribution >= 0.6 is 35.4 Å². The van der Waals surface area contributed by atoms with Gasteiger partial charge in [-0.05, 0) is 37.3 Å². The van der Waals surface area contributed by atoms with Crippen LogP contribution in [0, 0.1) is 0 Å². The summed E-state index contributed by atoms with van der Waals surface area (Å²) in [4.78, 5) is 0. The van der Waals surface area contributed by atoms with E-state index in [9.17, 15) is 0 Å². The first-order valence-corrected chi connectivity index (χ1v) is 5.83. The highest BCUT2D eigenvalue weighted by atomic mass is 35.5. The van der Waals surface area contributed by atoms with E-state index < -0.39 is 6.10 Å². The van der Waals surface area contributed by atoms with Crippen LogP contribution in [0.2, 0.25) is 10.0 Å². The maximum Gasteiger partial charge on any atom is 0.170 e. The van der Waals surface area contributed by atoms with Crippen LogP contribution in [-0.4, -0.2) is 22.9 Å². The maximum absolute atomic E-state index is 9.06. The van der Waals surface area contributed by atoms with Crippen LogP contribution in [0.3, 0.4) is 0 Å². The SMILES string of the molecule is C[C@@H](O)CNC(=S)Nc1cc(Cl)cc(Cl)c1. The predicted octanol–water partition coefficient (Wildman–Crippen LogP) is 2.66. The van der Waals surface area contributed by atoms with Crippen molar-refractivity contribution in [2.45, 2.75) is 13.0 Å². The molecule has 0 unspecified atom stereocenters. The fourth-order valence-corrected chi connectivity index (χ4v) is 1.77. The number of aliphatic hydroxyl groups is 1. The van der Waals surface area contributed by atoms with Gasteiger partial charge >= 0.3 is 0 Å². The first-order chi connectivity index (χ1) is 7.47. The molecule has 1 aromatic rings. The summed E-state index contributed by atoms with van der Waals surface area (Å²) in [5, 5.41) is 16.3. The molecule has 3 N–H and O–H groups in total. The zero-order valence-electron chi connectivity index (χ0n) is 8.63. The van der Waals surface area contributed by atoms with E-state index in [1.807, 2.05) is 0 Å². The van der Waals surface area contributed by atoms with Gasteiger partial charge in [-0.3, -0.25) is 0 Å². The van der Waals surface area contributed by atoms with E-state index in [1.165, 1.54) is 0 Å². The van der Waals surface area contributed by atoms with Gasteiger partial charge in [-0.2, -0.15) is 0 Å². The Bertz CT molecular complexity index is 365. The van der Waals surface area contributed by atoms with Gasteiger partial charge in [0.05, 0.1) is 6.10 Å². The Balaban J connectivity index is 2.56. The quantitative estimate of drug-likeness (QED) is 0.744. The van der Waals surface area contributed by atoms with Crippen molar-refractivity contribution in [3.63, 3.8) is 0 Å². The summed E-state index contributed by atoms with van der Waals surface area (Å²) in [7, 11) is 0. The van der Waals surface area contributed by atoms with Gasteiger partial charge in [0, 0.05) is 22.3 Å². The first kappa shape index (κ1) is 13.5. The third kappa shape index (κ3) is 4.99. The van der Waals surface area contributed by atoms with Crippen molar-refractivity contribution in [3.05, 3.63) is 28.2 Å². The van der Waals surface area contributed by atoms with Crippen LogP contribution in [0.4, 0.5) is 5.69 Å². The standard InChI is InChI=1S/C10H12Cl2N2OS/c1-6(15)5-13-10(16)14-9-3-7(11)2-8(12)4-9/h2-4,6,15H,5H2,1H3,(H2,13,14,16)/t6-/m1/s1. The molecule has 0 saturated carbocycles. The van der Waals surface area contributed by atoms with E-state index in [-0.39, 0.29) is 0 Å². The Morgan fingerprint density at radius 2 is 1.94 bits per heavy atom. The molecule has 1 atom stereocenters. The molecular formula is C10H12Cl2N2OS. The van der Waals surface area contributed by atoms with Crippen molar-refractivity contribution < 1.29 is 5.11 Å². The average Bonchev–Trinajstić information content (AvgIpc) is 2.12. The molecule has 0 saturated heterocycles. The van der Waals surface area contributed by atoms with Gasteiger partial charge in [0.2, 0.25) is 0 Å². The van der Waals surface area contributed by atoms with Gasteiger partial charge in [-0.1, -0.05) is 23.2 Å². The zero-order valence-corrected chi connectivity index (χ0v) is 11.0. The second-order valence-electron chi connectivity index (χ2n) is 3.34. The van der Waals surface area contributed by atoms with Crippen LogP contribution in [0.5, 0.6) is 0 Å². The molecule has 0 aromatic heterocycles. The van der Waals surface area contributed by atoms with Crippen molar-refractivity contribution in [1.29, 1.82) is 0 Å². The highest BCUT2D eigenvalue weighted by Gasteiger charge is 2.01. The molecule has 0 fully saturated rings. The lowest BCUT2D eigenvalue weighted by Crippen LogP contribution is -2.33. The lowest BCUT2D eigenvalue weighted by Gasteiger charge is -2.12. The fourth-order valence-electron chi connectivity index (χ4n) is 1.04. The van der Waals surface area contributed by atoms with Gasteiger partial charge in [0.15, 0.2) is 5.11 Å². The predicted molar refractivity (Wildman–Crippen MR) is 72.4 cm³/mol. The number of hydrogen-bond acceptors (Lipinski definition) is 2. The molecule has 1 rings (SSSR count). The Labute approximate surface area is 110 Å². The molecule has 16 heavy (non-hydrogen) atoms. The Kier molecular flexibility index (Phi) is 5.28. The van der Waals surface area contributed by atoms with Crippen molar-refractivity contribution in [3.8, 4) is 0 Å². The van der Waals surface area contributed by atoms with E-state index in [2.05, 4.69) is 10.6 Å². The lowest BCUT2D eigenvalue weighted by atomic mass is 10.3. The van der Waals surface area contributed by atoms with E-state index >= 15 is 0 Å². The molecule has 0 spiro atoms. The molecule has 1 aromatic carbocycles. The van der Waals surface area contributed by atoms with E-state index in [1.54, 1.807) is 25.1 Å². The summed E-state index contributed by atoms with van der Waals surface area (Å²) in [5.41, 5.74) is 0.709. The van der Waals surface area contributed by atoms with Crippen molar-refractivity contribution in [2.75, 3.05) is 11.9 Å². The third-order valence-corrected chi connectivity index (χ3v) is 2.36. The molecular weight excluding hydrogens is 267 g/mol. The number of nitrogens with one attached hydrogen (secondary N) is 2. The third-order valence-electron chi connectivity index (χ3n) is 1.68. The van der Waals surface area contributed by atoms with Gasteiger partial charge in [0.25, 0.3) is 0 Å². The second-order valence-corrected chi connectivity index (χ2v) is 4.62. The number of anilines is 1. The van der Waals surface area contributed by atoms with E-state index in [0.29, 0.717) is 27.4 Å². The number of benzene rings is 1. The highest BCUT2D eigenvalue weighted by molar-refractivity contribution is 7.80. The minimum Gasteiger partial charge on any atom is -0.392 e. The summed E-state index contributed by atoms with van der Waals surface area (Å²) < 4.78 is 0. The molecule has 0 bridgehead atoms. The van der Waals surface area contributed by atoms with Crippen LogP contribution in [0.15, 0.2) is 18.2 Å². The number of aliphatic hydroxyl groups excluding tert-OH is 1. The van der Waals surface area contributed by atoms with Gasteiger partial charge in [0.1, 0.15) is 0 Å². The molecule has 0 radical (unpaired) electrons. The van der Waals surface area contributed by atoms with Gasteiger partial charge in [-0.25, -0.2) is 0 Å². The van der Waals surface area contributed by atoms with Gasteiger partial charge in [-0.15, -0.1) is 0 Å². The summed E-state index contributed by atoms with van der Waals surface area (Å²) in [5.74, 6) is 0. The maximum atomic E-state index is 9.06. The normalized spacial score (nSPS) is 12.0. The monoisotopic (exact) mass is 278 g/mol. The Morgan fingerprint density at radius 3 is 2.44 bits per heavy atom. The molecule has 6 heteroatoms. The summed E-state index contributed by atoms with van der Waals surface area (Å²) in [6.45, 7) is 2.06. The minimum absolute atomic E-state index is 0.389. The summed E-state index contributed by atoms with van der Waals surface area (Å²) in [6.07, 6.45) is -0.456. The Morgan fingerprint density at radius 1 is 1.38 bits per heavy atom.